The normalized spacial score (nSPS) is 15.4. The molecule has 10 heteroatoms. The molecule has 1 saturated heterocycles. The van der Waals surface area contributed by atoms with Crippen LogP contribution in [0.2, 0.25) is 0 Å². The van der Waals surface area contributed by atoms with Gasteiger partial charge < -0.3 is 15.5 Å². The molecule has 1 aromatic carbocycles. The number of nitrogens with zero attached hydrogens (tertiary/aromatic N) is 5. The molecule has 34 heavy (non-hydrogen) atoms. The second-order valence-electron chi connectivity index (χ2n) is 8.25. The fraction of sp³-hybridized carbons (Fsp3) is 0.208. The largest absolute Gasteiger partial charge is 0.348 e. The van der Waals surface area contributed by atoms with Crippen molar-refractivity contribution in [1.29, 1.82) is 0 Å². The van der Waals surface area contributed by atoms with E-state index in [1.54, 1.807) is 35.0 Å². The third kappa shape index (κ3) is 4.25. The van der Waals surface area contributed by atoms with Gasteiger partial charge in [-0.15, -0.1) is 5.10 Å². The van der Waals surface area contributed by atoms with Gasteiger partial charge in [0, 0.05) is 53.9 Å². The zero-order chi connectivity index (χ0) is 23.7. The van der Waals surface area contributed by atoms with Crippen LogP contribution in [0.1, 0.15) is 22.3 Å². The minimum atomic E-state index is -0.291. The molecular weight excluding hydrogens is 432 g/mol. The Bertz CT molecular complexity index is 1360. The number of aromatic amines is 1. The van der Waals surface area contributed by atoms with E-state index in [0.29, 0.717) is 30.3 Å². The van der Waals surface area contributed by atoms with Gasteiger partial charge in [-0.05, 0) is 55.3 Å². The summed E-state index contributed by atoms with van der Waals surface area (Å²) in [6, 6.07) is 8.90. The van der Waals surface area contributed by atoms with Gasteiger partial charge in [-0.25, -0.2) is 4.52 Å². The van der Waals surface area contributed by atoms with Crippen molar-refractivity contribution in [2.45, 2.75) is 19.4 Å². The maximum atomic E-state index is 12.9. The fourth-order valence-corrected chi connectivity index (χ4v) is 4.10. The number of anilines is 2. The summed E-state index contributed by atoms with van der Waals surface area (Å²) in [4.78, 5) is 30.7. The lowest BCUT2D eigenvalue weighted by molar-refractivity contribution is -0.111. The van der Waals surface area contributed by atoms with Gasteiger partial charge in [-0.3, -0.25) is 14.7 Å². The van der Waals surface area contributed by atoms with Crippen LogP contribution in [0.25, 0.3) is 16.8 Å². The van der Waals surface area contributed by atoms with Crippen LogP contribution in [0, 0.1) is 6.92 Å². The summed E-state index contributed by atoms with van der Waals surface area (Å²) in [6.07, 6.45) is 7.57. The summed E-state index contributed by atoms with van der Waals surface area (Å²) in [6.45, 7) is 6.66. The number of carbonyl (C=O) groups excluding carboxylic acids is 2. The molecule has 4 aromatic rings. The number of aromatic nitrogens is 5. The van der Waals surface area contributed by atoms with Crippen LogP contribution < -0.4 is 10.6 Å². The smallest absolute Gasteiger partial charge is 0.253 e. The van der Waals surface area contributed by atoms with Gasteiger partial charge in [-0.2, -0.15) is 10.1 Å². The summed E-state index contributed by atoms with van der Waals surface area (Å²) < 4.78 is 1.75. The van der Waals surface area contributed by atoms with Crippen LogP contribution in [-0.2, 0) is 4.79 Å². The number of hydrogen-bond acceptors (Lipinski definition) is 6. The molecule has 3 aromatic heterocycles. The van der Waals surface area contributed by atoms with Gasteiger partial charge in [0.15, 0.2) is 5.65 Å². The van der Waals surface area contributed by atoms with Gasteiger partial charge in [0.2, 0.25) is 11.9 Å². The zero-order valence-corrected chi connectivity index (χ0v) is 18.7. The SMILES string of the molecule is C=CC(=O)Nc1ccc(C(=O)N2CCC(Nc3nc4cc(C)c(-c5cn[nH]c5)cn4n3)C2)cc1. The van der Waals surface area contributed by atoms with Crippen molar-refractivity contribution >= 4 is 29.1 Å². The van der Waals surface area contributed by atoms with Crippen LogP contribution in [0.15, 0.2) is 61.6 Å². The van der Waals surface area contributed by atoms with Crippen molar-refractivity contribution in [2.75, 3.05) is 23.7 Å². The van der Waals surface area contributed by atoms with Crippen molar-refractivity contribution in [3.05, 3.63) is 72.7 Å². The Kier molecular flexibility index (Phi) is 5.54. The van der Waals surface area contributed by atoms with Crippen LogP contribution in [0.4, 0.5) is 11.6 Å². The number of amides is 2. The minimum Gasteiger partial charge on any atom is -0.348 e. The summed E-state index contributed by atoms with van der Waals surface area (Å²) in [7, 11) is 0. The maximum Gasteiger partial charge on any atom is 0.253 e. The molecule has 5 rings (SSSR count). The Morgan fingerprint density at radius 2 is 2.09 bits per heavy atom. The molecule has 0 radical (unpaired) electrons. The van der Waals surface area contributed by atoms with E-state index in [9.17, 15) is 9.59 Å². The highest BCUT2D eigenvalue weighted by molar-refractivity contribution is 5.99. The highest BCUT2D eigenvalue weighted by Gasteiger charge is 2.27. The number of H-pyrrole nitrogens is 1. The number of fused-ring (bicyclic) bond motifs is 1. The lowest BCUT2D eigenvalue weighted by atomic mass is 10.1. The number of benzene rings is 1. The van der Waals surface area contributed by atoms with Crippen molar-refractivity contribution in [2.24, 2.45) is 0 Å². The molecule has 3 N–H and O–H groups in total. The van der Waals surface area contributed by atoms with Crippen molar-refractivity contribution in [1.82, 2.24) is 29.7 Å². The fourth-order valence-electron chi connectivity index (χ4n) is 4.10. The Hall–Kier alpha value is -4.47. The summed E-state index contributed by atoms with van der Waals surface area (Å²) in [5.74, 6) is 0.195. The molecule has 1 atom stereocenters. The Labute approximate surface area is 195 Å². The minimum absolute atomic E-state index is 0.0470. The molecule has 4 heterocycles. The standard InChI is InChI=1S/C24H24N8O2/c1-3-22(33)27-18-6-4-16(5-7-18)23(34)31-9-8-19(13-31)28-24-29-21-10-15(2)20(14-32(21)30-24)17-11-25-26-12-17/h3-7,10-12,14,19H,1,8-9,13H2,2H3,(H,25,26)(H,27,33)(H,28,30). The Balaban J connectivity index is 1.24. The van der Waals surface area contributed by atoms with Crippen LogP contribution in [0.5, 0.6) is 0 Å². The molecule has 0 bridgehead atoms. The van der Waals surface area contributed by atoms with E-state index < -0.39 is 0 Å². The Morgan fingerprint density at radius 3 is 2.82 bits per heavy atom. The van der Waals surface area contributed by atoms with E-state index in [-0.39, 0.29) is 17.9 Å². The van der Waals surface area contributed by atoms with E-state index in [0.717, 1.165) is 28.8 Å². The van der Waals surface area contributed by atoms with Crippen molar-refractivity contribution in [3.8, 4) is 11.1 Å². The first-order valence-corrected chi connectivity index (χ1v) is 11.0. The van der Waals surface area contributed by atoms with E-state index in [1.165, 1.54) is 6.08 Å². The predicted octanol–water partition coefficient (Wildman–Crippen LogP) is 2.88. The highest BCUT2D eigenvalue weighted by Crippen LogP contribution is 2.24. The van der Waals surface area contributed by atoms with Crippen molar-refractivity contribution < 1.29 is 9.59 Å². The summed E-state index contributed by atoms with van der Waals surface area (Å²) >= 11 is 0. The van der Waals surface area contributed by atoms with E-state index in [2.05, 4.69) is 37.5 Å². The molecule has 1 fully saturated rings. The zero-order valence-electron chi connectivity index (χ0n) is 18.7. The molecule has 0 saturated carbocycles. The second-order valence-corrected chi connectivity index (χ2v) is 8.25. The molecule has 1 aliphatic heterocycles. The number of nitrogens with one attached hydrogen (secondary N) is 3. The van der Waals surface area contributed by atoms with Gasteiger partial charge in [0.25, 0.3) is 5.91 Å². The van der Waals surface area contributed by atoms with Crippen LogP contribution >= 0.6 is 0 Å². The molecule has 0 spiro atoms. The average molecular weight is 457 g/mol. The number of aryl methyl sites for hydroxylation is 1. The maximum absolute atomic E-state index is 12.9. The van der Waals surface area contributed by atoms with Crippen LogP contribution in [0.3, 0.4) is 0 Å². The predicted molar refractivity (Wildman–Crippen MR) is 129 cm³/mol. The van der Waals surface area contributed by atoms with Gasteiger partial charge in [0.1, 0.15) is 0 Å². The number of hydrogen-bond donors (Lipinski definition) is 3. The lowest BCUT2D eigenvalue weighted by Gasteiger charge is -2.17. The number of pyridine rings is 1. The molecular formula is C24H24N8O2. The summed E-state index contributed by atoms with van der Waals surface area (Å²) in [5, 5.41) is 17.5. The van der Waals surface area contributed by atoms with Crippen molar-refractivity contribution in [3.63, 3.8) is 0 Å². The molecule has 1 aliphatic rings. The number of likely N-dealkylation sites (tertiary alicyclic amines) is 1. The van der Waals surface area contributed by atoms with E-state index in [1.807, 2.05) is 30.3 Å². The first kappa shape index (κ1) is 21.4. The third-order valence-electron chi connectivity index (χ3n) is 5.88. The highest BCUT2D eigenvalue weighted by atomic mass is 16.2. The van der Waals surface area contributed by atoms with E-state index in [4.69, 9.17) is 0 Å². The monoisotopic (exact) mass is 456 g/mol. The third-order valence-corrected chi connectivity index (χ3v) is 5.88. The summed E-state index contributed by atoms with van der Waals surface area (Å²) in [5.41, 5.74) is 5.05. The van der Waals surface area contributed by atoms with Gasteiger partial charge in [-0.1, -0.05) is 6.58 Å². The van der Waals surface area contributed by atoms with Crippen LogP contribution in [-0.4, -0.2) is 60.6 Å². The topological polar surface area (TPSA) is 120 Å². The van der Waals surface area contributed by atoms with E-state index >= 15 is 0 Å². The lowest BCUT2D eigenvalue weighted by Crippen LogP contribution is -2.31. The quantitative estimate of drug-likeness (QED) is 0.384. The first-order chi connectivity index (χ1) is 16.5. The second kappa shape index (κ2) is 8.81. The average Bonchev–Trinajstić information content (AvgIpc) is 3.59. The molecule has 2 amide bonds. The molecule has 0 aliphatic carbocycles. The van der Waals surface area contributed by atoms with Gasteiger partial charge in [0.05, 0.1) is 6.20 Å². The number of carbonyl (C=O) groups is 2. The Morgan fingerprint density at radius 1 is 1.26 bits per heavy atom. The van der Waals surface area contributed by atoms with Gasteiger partial charge >= 0.3 is 0 Å². The molecule has 1 unspecified atom stereocenters. The first-order valence-electron chi connectivity index (χ1n) is 11.0. The number of rotatable bonds is 6. The molecule has 172 valence electrons. The molecule has 10 nitrogen and oxygen atoms in total.